The topological polar surface area (TPSA) is 106 Å². The molecule has 0 fully saturated rings. The Labute approximate surface area is 185 Å². The molecule has 1 spiro atoms. The van der Waals surface area contributed by atoms with E-state index < -0.39 is 5.41 Å². The summed E-state index contributed by atoms with van der Waals surface area (Å²) < 4.78 is 11.0. The average molecular weight is 427 g/mol. The summed E-state index contributed by atoms with van der Waals surface area (Å²) in [6.45, 7) is 0.255. The van der Waals surface area contributed by atoms with Crippen molar-refractivity contribution < 1.29 is 19.1 Å². The molecule has 1 atom stereocenters. The molecule has 160 valence electrons. The fourth-order valence-electron chi connectivity index (χ4n) is 5.01. The number of ether oxygens (including phenoxy) is 2. The van der Waals surface area contributed by atoms with Crippen molar-refractivity contribution in [1.82, 2.24) is 0 Å². The molecule has 7 heteroatoms. The highest BCUT2D eigenvalue weighted by atomic mass is 16.5. The Balaban J connectivity index is 1.74. The van der Waals surface area contributed by atoms with Gasteiger partial charge in [0.25, 0.3) is 0 Å². The molecule has 1 amide bonds. The van der Waals surface area contributed by atoms with Gasteiger partial charge in [-0.15, -0.1) is 0 Å². The number of nitriles is 1. The van der Waals surface area contributed by atoms with E-state index in [4.69, 9.17) is 15.2 Å². The molecule has 0 unspecified atom stereocenters. The first kappa shape index (κ1) is 19.9. The van der Waals surface area contributed by atoms with Gasteiger partial charge < -0.3 is 20.1 Å². The van der Waals surface area contributed by atoms with Crippen molar-refractivity contribution >= 4 is 17.4 Å². The minimum Gasteiger partial charge on any atom is -0.497 e. The number of ketones is 1. The van der Waals surface area contributed by atoms with E-state index in [1.165, 1.54) is 0 Å². The maximum absolute atomic E-state index is 14.2. The van der Waals surface area contributed by atoms with Crippen molar-refractivity contribution in [2.24, 2.45) is 5.73 Å². The predicted octanol–water partition coefficient (Wildman–Crippen LogP) is 3.21. The van der Waals surface area contributed by atoms with E-state index in [0.29, 0.717) is 42.0 Å². The number of nitrogens with zero attached hydrogens (tertiary/aromatic N) is 2. The zero-order chi connectivity index (χ0) is 22.5. The number of carbonyl (C=O) groups is 2. The van der Waals surface area contributed by atoms with Crippen LogP contribution in [0, 0.1) is 11.3 Å². The molecule has 5 rings (SSSR count). The molecule has 2 aliphatic heterocycles. The van der Waals surface area contributed by atoms with Gasteiger partial charge in [-0.05, 0) is 30.2 Å². The lowest BCUT2D eigenvalue weighted by atomic mass is 9.65. The summed E-state index contributed by atoms with van der Waals surface area (Å²) in [5.74, 6) is 0.402. The van der Waals surface area contributed by atoms with Crippen molar-refractivity contribution in [3.8, 4) is 11.8 Å². The van der Waals surface area contributed by atoms with E-state index >= 15 is 0 Å². The van der Waals surface area contributed by atoms with E-state index in [-0.39, 0.29) is 35.3 Å². The summed E-state index contributed by atoms with van der Waals surface area (Å²) in [6, 6.07) is 16.8. The number of carbonyl (C=O) groups excluding carboxylic acids is 2. The second-order valence-electron chi connectivity index (χ2n) is 8.04. The Morgan fingerprint density at radius 3 is 2.78 bits per heavy atom. The van der Waals surface area contributed by atoms with E-state index in [1.807, 2.05) is 36.4 Å². The fraction of sp³-hybridized carbons (Fsp3) is 0.240. The molecule has 2 aromatic rings. The van der Waals surface area contributed by atoms with Gasteiger partial charge in [-0.1, -0.05) is 30.3 Å². The minimum atomic E-state index is -1.58. The van der Waals surface area contributed by atoms with Crippen molar-refractivity contribution in [2.45, 2.75) is 31.2 Å². The molecule has 0 saturated heterocycles. The van der Waals surface area contributed by atoms with Crippen molar-refractivity contribution in [3.63, 3.8) is 0 Å². The van der Waals surface area contributed by atoms with Gasteiger partial charge in [-0.25, -0.2) is 0 Å². The summed E-state index contributed by atoms with van der Waals surface area (Å²) >= 11 is 0. The lowest BCUT2D eigenvalue weighted by Gasteiger charge is -2.37. The van der Waals surface area contributed by atoms with Gasteiger partial charge in [0.05, 0.1) is 19.2 Å². The van der Waals surface area contributed by atoms with Gasteiger partial charge in [-0.3, -0.25) is 9.59 Å². The van der Waals surface area contributed by atoms with Gasteiger partial charge in [0, 0.05) is 24.1 Å². The predicted molar refractivity (Wildman–Crippen MR) is 116 cm³/mol. The van der Waals surface area contributed by atoms with E-state index in [1.54, 1.807) is 24.1 Å². The van der Waals surface area contributed by atoms with Crippen molar-refractivity contribution in [1.29, 1.82) is 5.26 Å². The van der Waals surface area contributed by atoms with Gasteiger partial charge in [0.1, 0.15) is 28.6 Å². The molecule has 2 heterocycles. The van der Waals surface area contributed by atoms with Crippen LogP contribution in [0.15, 0.2) is 71.3 Å². The van der Waals surface area contributed by atoms with Gasteiger partial charge in [0.15, 0.2) is 5.78 Å². The number of allylic oxidation sites excluding steroid dienone is 1. The molecule has 0 aromatic heterocycles. The summed E-state index contributed by atoms with van der Waals surface area (Å²) in [5, 5.41) is 10.1. The summed E-state index contributed by atoms with van der Waals surface area (Å²) in [6.07, 6.45) is 1.41. The molecule has 7 nitrogen and oxygen atoms in total. The number of rotatable bonds is 3. The quantitative estimate of drug-likeness (QED) is 0.806. The molecule has 3 aliphatic rings. The number of hydrogen-bond acceptors (Lipinski definition) is 6. The van der Waals surface area contributed by atoms with E-state index in [9.17, 15) is 14.9 Å². The highest BCUT2D eigenvalue weighted by Gasteiger charge is 2.61. The average Bonchev–Trinajstić information content (AvgIpc) is 3.03. The number of benzene rings is 2. The van der Waals surface area contributed by atoms with Crippen LogP contribution in [0.4, 0.5) is 5.69 Å². The first-order valence-corrected chi connectivity index (χ1v) is 10.4. The third-order valence-corrected chi connectivity index (χ3v) is 6.35. The van der Waals surface area contributed by atoms with Crippen LogP contribution in [0.3, 0.4) is 0 Å². The van der Waals surface area contributed by atoms with Crippen LogP contribution >= 0.6 is 0 Å². The third kappa shape index (κ3) is 2.59. The Morgan fingerprint density at radius 2 is 2.00 bits per heavy atom. The second kappa shape index (κ2) is 7.27. The molecule has 0 radical (unpaired) electrons. The first-order chi connectivity index (χ1) is 15.5. The van der Waals surface area contributed by atoms with Crippen LogP contribution in [0.1, 0.15) is 30.4 Å². The second-order valence-corrected chi connectivity index (χ2v) is 8.04. The van der Waals surface area contributed by atoms with Crippen molar-refractivity contribution in [2.75, 3.05) is 12.0 Å². The van der Waals surface area contributed by atoms with Crippen molar-refractivity contribution in [3.05, 3.63) is 82.4 Å². The zero-order valence-electron chi connectivity index (χ0n) is 17.6. The zero-order valence-corrected chi connectivity index (χ0v) is 17.6. The summed E-state index contributed by atoms with van der Waals surface area (Å²) in [4.78, 5) is 29.0. The summed E-state index contributed by atoms with van der Waals surface area (Å²) in [5.41, 5.74) is 6.88. The number of methoxy groups -OCH3 is 1. The molecule has 0 saturated carbocycles. The summed E-state index contributed by atoms with van der Waals surface area (Å²) in [7, 11) is 1.59. The lowest BCUT2D eigenvalue weighted by Crippen LogP contribution is -2.48. The number of nitrogens with two attached hydrogens (primary N) is 1. The fourth-order valence-corrected chi connectivity index (χ4v) is 5.01. The molecular formula is C25H21N3O4. The van der Waals surface area contributed by atoms with E-state index in [2.05, 4.69) is 6.07 Å². The van der Waals surface area contributed by atoms with Crippen LogP contribution in [0.5, 0.6) is 5.75 Å². The highest BCUT2D eigenvalue weighted by Crippen LogP contribution is 2.55. The molecule has 0 bridgehead atoms. The van der Waals surface area contributed by atoms with Crippen LogP contribution in [0.25, 0.3) is 0 Å². The molecular weight excluding hydrogens is 406 g/mol. The number of hydrogen-bond donors (Lipinski definition) is 1. The smallest absolute Gasteiger partial charge is 0.248 e. The number of Topliss-reactive ketones (excluding diaryl/α,β-unsaturated/α-hetero) is 1. The molecule has 2 aromatic carbocycles. The highest BCUT2D eigenvalue weighted by molar-refractivity contribution is 6.20. The third-order valence-electron chi connectivity index (χ3n) is 6.35. The van der Waals surface area contributed by atoms with E-state index in [0.717, 1.165) is 5.56 Å². The number of anilines is 1. The van der Waals surface area contributed by atoms with Crippen LogP contribution in [-0.4, -0.2) is 18.8 Å². The SMILES string of the molecule is COc1cccc(CN2C(=O)[C@]3(C(C#N)=C(N)OC4=C3C(=O)CCC4)c3ccccc32)c1. The number of fused-ring (bicyclic) bond motifs is 3. The maximum atomic E-state index is 14.2. The molecule has 2 N–H and O–H groups in total. The Kier molecular flexibility index (Phi) is 4.52. The lowest BCUT2D eigenvalue weighted by molar-refractivity contribution is -0.124. The first-order valence-electron chi connectivity index (χ1n) is 10.4. The standard InChI is InChI=1S/C25H21N3O4/c1-31-16-7-4-6-15(12-16)14-28-19-9-3-2-8-17(19)25(24(28)30)18(13-26)23(27)32-21-11-5-10-20(29)22(21)25/h2-4,6-9,12H,5,10-11,14,27H2,1H3/t25-/m0/s1. The van der Waals surface area contributed by atoms with Gasteiger partial charge >= 0.3 is 0 Å². The van der Waals surface area contributed by atoms with Gasteiger partial charge in [-0.2, -0.15) is 5.26 Å². The Bertz CT molecular complexity index is 1270. The van der Waals surface area contributed by atoms with Crippen LogP contribution in [0.2, 0.25) is 0 Å². The number of para-hydroxylation sites is 1. The largest absolute Gasteiger partial charge is 0.497 e. The van der Waals surface area contributed by atoms with Crippen LogP contribution in [-0.2, 0) is 26.3 Å². The monoisotopic (exact) mass is 427 g/mol. The minimum absolute atomic E-state index is 0.0305. The van der Waals surface area contributed by atoms with Crippen LogP contribution < -0.4 is 15.4 Å². The Hall–Kier alpha value is -4.05. The normalized spacial score (nSPS) is 21.9. The molecule has 1 aliphatic carbocycles. The Morgan fingerprint density at radius 1 is 1.19 bits per heavy atom. The van der Waals surface area contributed by atoms with Gasteiger partial charge in [0.2, 0.25) is 11.8 Å². The maximum Gasteiger partial charge on any atom is 0.248 e. The number of amides is 1. The molecule has 32 heavy (non-hydrogen) atoms.